The average Bonchev–Trinajstić information content (AvgIpc) is 2.44. The van der Waals surface area contributed by atoms with E-state index < -0.39 is 5.60 Å². The van der Waals surface area contributed by atoms with Gasteiger partial charge in [0.25, 0.3) is 0 Å². The first-order chi connectivity index (χ1) is 6.88. The summed E-state index contributed by atoms with van der Waals surface area (Å²) >= 11 is 0. The van der Waals surface area contributed by atoms with Crippen LogP contribution in [0.15, 0.2) is 12.3 Å². The van der Waals surface area contributed by atoms with Gasteiger partial charge in [-0.3, -0.25) is 9.48 Å². The van der Waals surface area contributed by atoms with Crippen LogP contribution in [0.2, 0.25) is 0 Å². The van der Waals surface area contributed by atoms with Crippen LogP contribution in [0.4, 0.5) is 0 Å². The number of rotatable bonds is 3. The molecule has 1 aromatic rings. The van der Waals surface area contributed by atoms with Gasteiger partial charge in [0.05, 0.1) is 13.0 Å². The van der Waals surface area contributed by atoms with Crippen LogP contribution in [0.5, 0.6) is 0 Å². The Bertz CT molecular complexity index is 337. The van der Waals surface area contributed by atoms with Gasteiger partial charge in [-0.05, 0) is 33.8 Å². The van der Waals surface area contributed by atoms with E-state index in [2.05, 4.69) is 5.10 Å². The summed E-state index contributed by atoms with van der Waals surface area (Å²) in [5.41, 5.74) is 0.648. The van der Waals surface area contributed by atoms with E-state index in [1.54, 1.807) is 10.9 Å². The minimum Gasteiger partial charge on any atom is -0.460 e. The van der Waals surface area contributed by atoms with Crippen molar-refractivity contribution in [2.75, 3.05) is 0 Å². The van der Waals surface area contributed by atoms with Crippen molar-refractivity contribution in [2.24, 2.45) is 0 Å². The second-order valence-corrected chi connectivity index (χ2v) is 4.53. The molecular formula is C11H18N2O2. The van der Waals surface area contributed by atoms with E-state index in [9.17, 15) is 4.79 Å². The van der Waals surface area contributed by atoms with Crippen LogP contribution in [-0.4, -0.2) is 21.4 Å². The highest BCUT2D eigenvalue weighted by Gasteiger charge is 2.16. The molecule has 4 nitrogen and oxygen atoms in total. The molecule has 0 fully saturated rings. The molecule has 0 saturated carbocycles. The van der Waals surface area contributed by atoms with E-state index in [0.29, 0.717) is 13.0 Å². The third-order valence-corrected chi connectivity index (χ3v) is 1.88. The first-order valence-corrected chi connectivity index (χ1v) is 5.09. The van der Waals surface area contributed by atoms with Crippen LogP contribution in [0.3, 0.4) is 0 Å². The van der Waals surface area contributed by atoms with Crippen molar-refractivity contribution in [3.63, 3.8) is 0 Å². The second-order valence-electron chi connectivity index (χ2n) is 4.53. The van der Waals surface area contributed by atoms with Crippen LogP contribution in [0.25, 0.3) is 0 Å². The minimum absolute atomic E-state index is 0.183. The summed E-state index contributed by atoms with van der Waals surface area (Å²) in [5.74, 6) is -0.183. The van der Waals surface area contributed by atoms with Gasteiger partial charge in [0.1, 0.15) is 5.60 Å². The molecular weight excluding hydrogens is 192 g/mol. The molecule has 1 rings (SSSR count). The van der Waals surface area contributed by atoms with Crippen molar-refractivity contribution in [3.8, 4) is 0 Å². The number of aromatic nitrogens is 2. The van der Waals surface area contributed by atoms with Crippen LogP contribution in [-0.2, 0) is 16.1 Å². The molecule has 1 heterocycles. The Morgan fingerprint density at radius 2 is 2.20 bits per heavy atom. The molecule has 0 saturated heterocycles. The summed E-state index contributed by atoms with van der Waals surface area (Å²) in [6.07, 6.45) is 2.09. The highest BCUT2D eigenvalue weighted by molar-refractivity contribution is 5.69. The third kappa shape index (κ3) is 4.14. The van der Waals surface area contributed by atoms with Crippen LogP contribution < -0.4 is 0 Å². The molecule has 4 heteroatoms. The third-order valence-electron chi connectivity index (χ3n) is 1.88. The smallest absolute Gasteiger partial charge is 0.308 e. The monoisotopic (exact) mass is 210 g/mol. The lowest BCUT2D eigenvalue weighted by atomic mass is 10.2. The molecule has 0 aliphatic heterocycles. The van der Waals surface area contributed by atoms with Crippen LogP contribution in [0, 0.1) is 6.92 Å². The first kappa shape index (κ1) is 11.8. The Morgan fingerprint density at radius 1 is 1.53 bits per heavy atom. The van der Waals surface area contributed by atoms with Crippen molar-refractivity contribution in [1.82, 2.24) is 9.78 Å². The number of carbonyl (C=O) groups is 1. The van der Waals surface area contributed by atoms with Crippen LogP contribution >= 0.6 is 0 Å². The summed E-state index contributed by atoms with van der Waals surface area (Å²) in [5, 5.41) is 4.09. The fourth-order valence-electron chi connectivity index (χ4n) is 1.22. The highest BCUT2D eigenvalue weighted by Crippen LogP contribution is 2.08. The number of carbonyl (C=O) groups excluding carboxylic acids is 1. The molecule has 84 valence electrons. The van der Waals surface area contributed by atoms with Gasteiger partial charge >= 0.3 is 5.97 Å². The molecule has 0 N–H and O–H groups in total. The fourth-order valence-corrected chi connectivity index (χ4v) is 1.22. The zero-order valence-corrected chi connectivity index (χ0v) is 9.78. The van der Waals surface area contributed by atoms with Crippen molar-refractivity contribution in [1.29, 1.82) is 0 Å². The van der Waals surface area contributed by atoms with Gasteiger partial charge < -0.3 is 4.74 Å². The molecule has 0 bridgehead atoms. The van der Waals surface area contributed by atoms with E-state index in [1.165, 1.54) is 0 Å². The Labute approximate surface area is 90.2 Å². The van der Waals surface area contributed by atoms with Crippen molar-refractivity contribution in [3.05, 3.63) is 18.0 Å². The van der Waals surface area contributed by atoms with Gasteiger partial charge in [-0.25, -0.2) is 0 Å². The van der Waals surface area contributed by atoms with Crippen molar-refractivity contribution in [2.45, 2.75) is 46.3 Å². The molecule has 0 aromatic carbocycles. The van der Waals surface area contributed by atoms with E-state index in [0.717, 1.165) is 5.69 Å². The first-order valence-electron chi connectivity index (χ1n) is 5.09. The van der Waals surface area contributed by atoms with Crippen molar-refractivity contribution >= 4 is 5.97 Å². The minimum atomic E-state index is -0.407. The number of nitrogens with zero attached hydrogens (tertiary/aromatic N) is 2. The van der Waals surface area contributed by atoms with Gasteiger partial charge in [-0.15, -0.1) is 0 Å². The molecule has 0 aliphatic carbocycles. The van der Waals surface area contributed by atoms with E-state index in [-0.39, 0.29) is 5.97 Å². The summed E-state index contributed by atoms with van der Waals surface area (Å²) < 4.78 is 6.99. The molecule has 0 atom stereocenters. The number of esters is 1. The Kier molecular flexibility index (Phi) is 3.50. The number of aryl methyl sites for hydroxylation is 2. The summed E-state index contributed by atoms with van der Waals surface area (Å²) in [6, 6.07) is 1.91. The molecule has 0 amide bonds. The standard InChI is InChI=1S/C11H18N2O2/c1-9-5-7-12-13(9)8-6-10(14)15-11(2,3)4/h5,7H,6,8H2,1-4H3. The Morgan fingerprint density at radius 3 is 2.67 bits per heavy atom. The number of hydrogen-bond donors (Lipinski definition) is 0. The van der Waals surface area contributed by atoms with Gasteiger partial charge in [0.15, 0.2) is 0 Å². The zero-order chi connectivity index (χ0) is 11.5. The fraction of sp³-hybridized carbons (Fsp3) is 0.636. The molecule has 0 aliphatic rings. The maximum atomic E-state index is 11.4. The van der Waals surface area contributed by atoms with Crippen molar-refractivity contribution < 1.29 is 9.53 Å². The maximum Gasteiger partial charge on any atom is 0.308 e. The van der Waals surface area contributed by atoms with Crippen LogP contribution in [0.1, 0.15) is 32.9 Å². The maximum absolute atomic E-state index is 11.4. The average molecular weight is 210 g/mol. The van der Waals surface area contributed by atoms with E-state index >= 15 is 0 Å². The zero-order valence-electron chi connectivity index (χ0n) is 9.78. The predicted octanol–water partition coefficient (Wildman–Crippen LogP) is 1.92. The lowest BCUT2D eigenvalue weighted by Gasteiger charge is -2.19. The van der Waals surface area contributed by atoms with Gasteiger partial charge in [0.2, 0.25) is 0 Å². The highest BCUT2D eigenvalue weighted by atomic mass is 16.6. The Hall–Kier alpha value is -1.32. The Balaban J connectivity index is 2.38. The largest absolute Gasteiger partial charge is 0.460 e. The van der Waals surface area contributed by atoms with E-state index in [1.807, 2.05) is 33.8 Å². The second kappa shape index (κ2) is 4.47. The summed E-state index contributed by atoms with van der Waals surface area (Å²) in [7, 11) is 0. The SMILES string of the molecule is Cc1ccnn1CCC(=O)OC(C)(C)C. The predicted molar refractivity (Wildman–Crippen MR) is 57.4 cm³/mol. The molecule has 0 radical (unpaired) electrons. The molecule has 15 heavy (non-hydrogen) atoms. The molecule has 0 spiro atoms. The molecule has 1 aromatic heterocycles. The topological polar surface area (TPSA) is 44.1 Å². The lowest BCUT2D eigenvalue weighted by Crippen LogP contribution is -2.24. The number of hydrogen-bond acceptors (Lipinski definition) is 3. The number of ether oxygens (including phenoxy) is 1. The normalized spacial score (nSPS) is 11.5. The summed E-state index contributed by atoms with van der Waals surface area (Å²) in [6.45, 7) is 8.13. The van der Waals surface area contributed by atoms with Gasteiger partial charge in [0, 0.05) is 11.9 Å². The van der Waals surface area contributed by atoms with Gasteiger partial charge in [-0.2, -0.15) is 5.10 Å². The van der Waals surface area contributed by atoms with E-state index in [4.69, 9.17) is 4.74 Å². The quantitative estimate of drug-likeness (QED) is 0.716. The molecule has 0 unspecified atom stereocenters. The summed E-state index contributed by atoms with van der Waals surface area (Å²) in [4.78, 5) is 11.4. The lowest BCUT2D eigenvalue weighted by molar-refractivity contribution is -0.155. The van der Waals surface area contributed by atoms with Gasteiger partial charge in [-0.1, -0.05) is 0 Å².